The monoisotopic (exact) mass is 740 g/mol. The third-order valence-corrected chi connectivity index (χ3v) is 10.9. The second-order valence-electron chi connectivity index (χ2n) is 14.0. The van der Waals surface area contributed by atoms with Gasteiger partial charge in [-0.25, -0.2) is 15.0 Å². The van der Waals surface area contributed by atoms with Crippen LogP contribution in [0.3, 0.4) is 0 Å². The zero-order valence-electron chi connectivity index (χ0n) is 28.6. The second-order valence-corrected chi connectivity index (χ2v) is 14.9. The molecule has 13 heteroatoms. The first-order valence-corrected chi connectivity index (χ1v) is 18.2. The number of Topliss-reactive ketones (excluding diaryl/α,β-unsaturated/α-hetero) is 1. The molecule has 7 rings (SSSR count). The number of nitrogens with one attached hydrogen (secondary N) is 2. The highest BCUT2D eigenvalue weighted by Crippen LogP contribution is 2.59. The number of rotatable bonds is 4. The van der Waals surface area contributed by atoms with Crippen LogP contribution < -0.4 is 10.6 Å². The summed E-state index contributed by atoms with van der Waals surface area (Å²) in [6.07, 6.45) is 10.5. The first-order valence-electron chi connectivity index (χ1n) is 17.4. The smallest absolute Gasteiger partial charge is 0.248 e. The Kier molecular flexibility index (Phi) is 9.27. The summed E-state index contributed by atoms with van der Waals surface area (Å²) >= 11 is 3.38. The van der Waals surface area contributed by atoms with Crippen LogP contribution in [-0.4, -0.2) is 71.8 Å². The lowest BCUT2D eigenvalue weighted by molar-refractivity contribution is -0.138. The van der Waals surface area contributed by atoms with Crippen LogP contribution in [0.2, 0.25) is 0 Å². The summed E-state index contributed by atoms with van der Waals surface area (Å²) in [5, 5.41) is 11.5. The Morgan fingerprint density at radius 1 is 0.980 bits per heavy atom. The summed E-state index contributed by atoms with van der Waals surface area (Å²) in [4.78, 5) is 69.2. The second kappa shape index (κ2) is 13.7. The molecule has 50 heavy (non-hydrogen) atoms. The quantitative estimate of drug-likeness (QED) is 0.206. The molecule has 4 aromatic rings. The number of hydrogen-bond acceptors (Lipinski definition) is 8. The topological polar surface area (TPSA) is 152 Å². The molecule has 3 aromatic heterocycles. The summed E-state index contributed by atoms with van der Waals surface area (Å²) in [7, 11) is 0. The molecule has 1 aliphatic carbocycles. The van der Waals surface area contributed by atoms with E-state index < -0.39 is 6.04 Å². The molecule has 0 unspecified atom stereocenters. The summed E-state index contributed by atoms with van der Waals surface area (Å²) < 4.78 is 2.24. The lowest BCUT2D eigenvalue weighted by atomic mass is 9.96. The van der Waals surface area contributed by atoms with E-state index in [2.05, 4.69) is 47.6 Å². The van der Waals surface area contributed by atoms with E-state index in [1.807, 2.05) is 26.0 Å². The normalized spacial score (nSPS) is 22.8. The van der Waals surface area contributed by atoms with E-state index in [-0.39, 0.29) is 41.5 Å². The molecule has 5 heterocycles. The van der Waals surface area contributed by atoms with E-state index in [1.165, 1.54) is 6.92 Å². The standard InChI is InChI=1S/C37H41BrN8O4/c1-21-11-12-30(38)42-35(21)43-36(50)28-15-37-16-29(37)46(28)32(49)19-45-34-24(9-7-5-4-6-8-10-31(48)41-20-37)13-25(26-17-39-23(3)40-18-26)14-27(34)33(44-45)22(2)47/h11-14,17-18,28-29H,4-10,15-16,19-20H2,1-3H3,(H,41,48)(H,42,43,50)/t28-,29+,37-/m0/s1. The Hall–Kier alpha value is -4.52. The first kappa shape index (κ1) is 34.0. The van der Waals surface area contributed by atoms with E-state index in [0.717, 1.165) is 59.9 Å². The average Bonchev–Trinajstić information content (AvgIpc) is 3.50. The number of pyridine rings is 1. The highest BCUT2D eigenvalue weighted by Gasteiger charge is 2.67. The number of aromatic nitrogens is 5. The molecule has 260 valence electrons. The first-order chi connectivity index (χ1) is 24.0. The number of piperidine rings is 1. The number of carbonyl (C=O) groups excluding carboxylic acids is 4. The van der Waals surface area contributed by atoms with Crippen LogP contribution in [0.4, 0.5) is 5.82 Å². The van der Waals surface area contributed by atoms with Gasteiger partial charge in [-0.15, -0.1) is 0 Å². The van der Waals surface area contributed by atoms with Crippen LogP contribution in [0.5, 0.6) is 0 Å². The minimum atomic E-state index is -0.762. The van der Waals surface area contributed by atoms with Crippen molar-refractivity contribution in [3.63, 3.8) is 0 Å². The summed E-state index contributed by atoms with van der Waals surface area (Å²) in [5.41, 5.74) is 4.16. The molecule has 1 aromatic carbocycles. The molecule has 3 aliphatic rings. The predicted molar refractivity (Wildman–Crippen MR) is 191 cm³/mol. The van der Waals surface area contributed by atoms with Crippen molar-refractivity contribution < 1.29 is 19.2 Å². The summed E-state index contributed by atoms with van der Waals surface area (Å²) in [5.74, 6) is 0.310. The van der Waals surface area contributed by atoms with E-state index in [1.54, 1.807) is 28.0 Å². The van der Waals surface area contributed by atoms with Crippen LogP contribution in [0.1, 0.15) is 85.7 Å². The van der Waals surface area contributed by atoms with Gasteiger partial charge in [-0.2, -0.15) is 5.10 Å². The largest absolute Gasteiger partial charge is 0.355 e. The van der Waals surface area contributed by atoms with Crippen molar-refractivity contribution in [2.45, 2.75) is 97.2 Å². The Bertz CT molecular complexity index is 2010. The maximum atomic E-state index is 14.5. The molecule has 1 saturated carbocycles. The molecule has 12 nitrogen and oxygen atoms in total. The van der Waals surface area contributed by atoms with Crippen LogP contribution in [0, 0.1) is 19.3 Å². The fourth-order valence-corrected chi connectivity index (χ4v) is 7.99. The molecule has 3 atom stereocenters. The molecule has 2 bridgehead atoms. The van der Waals surface area contributed by atoms with Crippen molar-refractivity contribution in [3.8, 4) is 11.1 Å². The fraction of sp³-hybridized carbons (Fsp3) is 0.459. The SMILES string of the molecule is CC(=O)c1nn2c3c(cc(-c4cnc(C)nc4)cc13)CCCCCCCC(=O)NC[C@@]13C[C@@H](C(=O)Nc4nc(Br)ccc4C)N(C(=O)C2)[C@@H]1C3. The number of ketones is 1. The zero-order chi connectivity index (χ0) is 35.2. The molecule has 0 spiro atoms. The number of carbonyl (C=O) groups is 4. The maximum Gasteiger partial charge on any atom is 0.248 e. The molecule has 3 amide bonds. The van der Waals surface area contributed by atoms with Crippen molar-refractivity contribution in [1.82, 2.24) is 34.9 Å². The van der Waals surface area contributed by atoms with Gasteiger partial charge >= 0.3 is 0 Å². The molecule has 2 fully saturated rings. The van der Waals surface area contributed by atoms with Crippen molar-refractivity contribution >= 4 is 56.2 Å². The number of amides is 3. The summed E-state index contributed by atoms with van der Waals surface area (Å²) in [6.45, 7) is 5.46. The van der Waals surface area contributed by atoms with Gasteiger partial charge in [-0.3, -0.25) is 23.9 Å². The average molecular weight is 742 g/mol. The van der Waals surface area contributed by atoms with Crippen LogP contribution >= 0.6 is 15.9 Å². The third kappa shape index (κ3) is 6.67. The number of halogens is 1. The lowest BCUT2D eigenvalue weighted by Crippen LogP contribution is -2.47. The number of nitrogens with zero attached hydrogens (tertiary/aromatic N) is 6. The van der Waals surface area contributed by atoms with Crippen molar-refractivity contribution in [1.29, 1.82) is 0 Å². The summed E-state index contributed by atoms with van der Waals surface area (Å²) in [6, 6.07) is 6.74. The van der Waals surface area contributed by atoms with E-state index in [0.29, 0.717) is 59.6 Å². The highest BCUT2D eigenvalue weighted by molar-refractivity contribution is 9.10. The van der Waals surface area contributed by atoms with E-state index in [9.17, 15) is 19.2 Å². The van der Waals surface area contributed by atoms with Gasteiger partial charge in [-0.1, -0.05) is 25.3 Å². The third-order valence-electron chi connectivity index (χ3n) is 10.5. The number of hydrogen-bond donors (Lipinski definition) is 2. The Balaban J connectivity index is 1.28. The van der Waals surface area contributed by atoms with Gasteiger partial charge in [-0.05, 0) is 96.8 Å². The Morgan fingerprint density at radius 3 is 2.48 bits per heavy atom. The van der Waals surface area contributed by atoms with Crippen LogP contribution in [0.25, 0.3) is 22.0 Å². The molecule has 2 aliphatic heterocycles. The molecule has 0 radical (unpaired) electrons. The van der Waals surface area contributed by atoms with Gasteiger partial charge in [0, 0.05) is 54.7 Å². The molecular weight excluding hydrogens is 700 g/mol. The fourth-order valence-electron chi connectivity index (χ4n) is 7.68. The van der Waals surface area contributed by atoms with Gasteiger partial charge in [0.2, 0.25) is 17.7 Å². The van der Waals surface area contributed by atoms with Crippen molar-refractivity contribution in [2.75, 3.05) is 11.9 Å². The van der Waals surface area contributed by atoms with Crippen molar-refractivity contribution in [2.24, 2.45) is 5.41 Å². The molecule has 2 N–H and O–H groups in total. The van der Waals surface area contributed by atoms with Crippen LogP contribution in [0.15, 0.2) is 41.3 Å². The Labute approximate surface area is 299 Å². The number of aryl methyl sites for hydroxylation is 3. The lowest BCUT2D eigenvalue weighted by Gasteiger charge is -2.27. The van der Waals surface area contributed by atoms with E-state index >= 15 is 0 Å². The minimum Gasteiger partial charge on any atom is -0.355 e. The number of anilines is 1. The zero-order valence-corrected chi connectivity index (χ0v) is 30.2. The maximum absolute atomic E-state index is 14.5. The van der Waals surface area contributed by atoms with E-state index in [4.69, 9.17) is 5.10 Å². The Morgan fingerprint density at radius 2 is 1.72 bits per heavy atom. The van der Waals surface area contributed by atoms with Gasteiger partial charge in [0.1, 0.15) is 34.5 Å². The number of benzene rings is 1. The van der Waals surface area contributed by atoms with Gasteiger partial charge < -0.3 is 15.5 Å². The predicted octanol–water partition coefficient (Wildman–Crippen LogP) is 5.48. The highest BCUT2D eigenvalue weighted by atomic mass is 79.9. The van der Waals surface area contributed by atoms with Gasteiger partial charge in [0.25, 0.3) is 0 Å². The molecular formula is C37H41BrN8O4. The minimum absolute atomic E-state index is 0.00289. The van der Waals surface area contributed by atoms with Gasteiger partial charge in [0.15, 0.2) is 5.78 Å². The van der Waals surface area contributed by atoms with Crippen molar-refractivity contribution in [3.05, 3.63) is 63.9 Å². The van der Waals surface area contributed by atoms with Gasteiger partial charge in [0.05, 0.1) is 5.52 Å². The van der Waals surface area contributed by atoms with Crippen LogP contribution in [-0.2, 0) is 27.3 Å². The molecule has 1 saturated heterocycles.